The first-order valence-electron chi connectivity index (χ1n) is 9.79. The highest BCUT2D eigenvalue weighted by molar-refractivity contribution is 7.17. The van der Waals surface area contributed by atoms with Gasteiger partial charge in [0.05, 0.1) is 22.4 Å². The van der Waals surface area contributed by atoms with Crippen molar-refractivity contribution in [2.45, 2.75) is 52.2 Å². The summed E-state index contributed by atoms with van der Waals surface area (Å²) in [5.74, 6) is -0.0984. The van der Waals surface area contributed by atoms with E-state index in [-0.39, 0.29) is 0 Å². The number of aromatic nitrogens is 1. The van der Waals surface area contributed by atoms with Crippen LogP contribution in [0.4, 0.5) is 0 Å². The van der Waals surface area contributed by atoms with E-state index in [0.717, 1.165) is 52.1 Å². The predicted molar refractivity (Wildman–Crippen MR) is 115 cm³/mol. The molecule has 0 saturated carbocycles. The number of fused-ring (bicyclic) bond motifs is 2. The molecule has 0 bridgehead atoms. The van der Waals surface area contributed by atoms with E-state index in [1.165, 1.54) is 0 Å². The Bertz CT molecular complexity index is 1080. The molecule has 1 atom stereocenters. The van der Waals surface area contributed by atoms with Gasteiger partial charge < -0.3 is 14.6 Å². The Morgan fingerprint density at radius 3 is 2.83 bits per heavy atom. The van der Waals surface area contributed by atoms with Crippen molar-refractivity contribution >= 4 is 27.5 Å². The number of aliphatic carboxylic acids is 1. The van der Waals surface area contributed by atoms with Gasteiger partial charge in [0.15, 0.2) is 6.10 Å². The lowest BCUT2D eigenvalue weighted by Gasteiger charge is -2.28. The molecule has 0 aliphatic carbocycles. The van der Waals surface area contributed by atoms with E-state index in [4.69, 9.17) is 9.47 Å². The molecule has 0 unspecified atom stereocenters. The van der Waals surface area contributed by atoms with Crippen molar-refractivity contribution in [3.63, 3.8) is 0 Å². The smallest absolute Gasteiger partial charge is 0.337 e. The van der Waals surface area contributed by atoms with Gasteiger partial charge in [-0.2, -0.15) is 0 Å². The number of carboxylic acid groups (broad SMARTS) is 1. The molecule has 0 amide bonds. The number of nitrogens with zero attached hydrogens (tertiary/aromatic N) is 1. The molecule has 2 aromatic heterocycles. The van der Waals surface area contributed by atoms with Gasteiger partial charge in [-0.15, -0.1) is 11.3 Å². The minimum absolute atomic E-state index is 0.610. The van der Waals surface area contributed by atoms with Crippen LogP contribution in [-0.2, 0) is 16.0 Å². The van der Waals surface area contributed by atoms with Crippen molar-refractivity contribution in [3.8, 4) is 16.9 Å². The number of carbonyl (C=O) groups is 1. The van der Waals surface area contributed by atoms with Crippen molar-refractivity contribution in [2.75, 3.05) is 6.61 Å². The van der Waals surface area contributed by atoms with Crippen LogP contribution in [-0.4, -0.2) is 28.3 Å². The Kier molecular flexibility index (Phi) is 5.09. The third-order valence-electron chi connectivity index (χ3n) is 4.97. The van der Waals surface area contributed by atoms with E-state index >= 15 is 0 Å². The molecule has 152 valence electrons. The second-order valence-corrected chi connectivity index (χ2v) is 9.26. The minimum Gasteiger partial charge on any atom is -0.493 e. The molecule has 6 heteroatoms. The SMILES string of the molecule is Cc1nc2ccsc2c(-c2ccc3c(c2)CCCO3)c1[C@H](OC(C)(C)C)C(=O)O. The molecular weight excluding hydrogens is 386 g/mol. The van der Waals surface area contributed by atoms with E-state index < -0.39 is 17.7 Å². The number of pyridine rings is 1. The summed E-state index contributed by atoms with van der Waals surface area (Å²) < 4.78 is 12.7. The molecule has 1 aliphatic rings. The molecule has 5 nitrogen and oxygen atoms in total. The van der Waals surface area contributed by atoms with Gasteiger partial charge in [-0.05, 0) is 75.2 Å². The highest BCUT2D eigenvalue weighted by atomic mass is 32.1. The summed E-state index contributed by atoms with van der Waals surface area (Å²) in [6.45, 7) is 8.20. The molecule has 1 aromatic carbocycles. The molecule has 29 heavy (non-hydrogen) atoms. The normalized spacial score (nSPS) is 15.0. The first-order valence-corrected chi connectivity index (χ1v) is 10.7. The van der Waals surface area contributed by atoms with Gasteiger partial charge in [-0.3, -0.25) is 4.98 Å². The van der Waals surface area contributed by atoms with E-state index in [2.05, 4.69) is 11.1 Å². The first-order chi connectivity index (χ1) is 13.7. The van der Waals surface area contributed by atoms with E-state index in [1.54, 1.807) is 11.3 Å². The fraction of sp³-hybridized carbons (Fsp3) is 0.391. The lowest BCUT2D eigenvalue weighted by Crippen LogP contribution is -2.28. The average molecular weight is 412 g/mol. The maximum atomic E-state index is 12.3. The number of aryl methyl sites for hydroxylation is 2. The average Bonchev–Trinajstić information content (AvgIpc) is 3.12. The van der Waals surface area contributed by atoms with Crippen LogP contribution in [0.25, 0.3) is 21.3 Å². The number of hydrogen-bond acceptors (Lipinski definition) is 5. The zero-order chi connectivity index (χ0) is 20.8. The van der Waals surface area contributed by atoms with Crippen LogP contribution in [0.15, 0.2) is 29.6 Å². The van der Waals surface area contributed by atoms with E-state index in [1.807, 2.05) is 51.3 Å². The van der Waals surface area contributed by atoms with Gasteiger partial charge in [0, 0.05) is 16.8 Å². The molecule has 4 rings (SSSR count). The monoisotopic (exact) mass is 411 g/mol. The topological polar surface area (TPSA) is 68.7 Å². The Morgan fingerprint density at radius 1 is 1.31 bits per heavy atom. The molecule has 3 heterocycles. The zero-order valence-corrected chi connectivity index (χ0v) is 17.9. The number of ether oxygens (including phenoxy) is 2. The maximum Gasteiger partial charge on any atom is 0.337 e. The standard InChI is InChI=1S/C23H25NO4S/c1-13-18(20(22(25)26)28-23(2,3)4)19(21-16(24-13)9-11-29-21)15-7-8-17-14(12-15)6-5-10-27-17/h7-9,11-12,20H,5-6,10H2,1-4H3,(H,25,26)/t20-/m0/s1. The predicted octanol–water partition coefficient (Wildman–Crippen LogP) is 5.54. The van der Waals surface area contributed by atoms with Gasteiger partial charge in [-0.1, -0.05) is 6.07 Å². The quantitative estimate of drug-likeness (QED) is 0.611. The van der Waals surface area contributed by atoms with Gasteiger partial charge >= 0.3 is 5.97 Å². The summed E-state index contributed by atoms with van der Waals surface area (Å²) >= 11 is 1.57. The second-order valence-electron chi connectivity index (χ2n) is 8.34. The van der Waals surface area contributed by atoms with Crippen molar-refractivity contribution in [1.82, 2.24) is 4.98 Å². The minimum atomic E-state index is -1.10. The maximum absolute atomic E-state index is 12.3. The highest BCUT2D eigenvalue weighted by Gasteiger charge is 2.32. The van der Waals surface area contributed by atoms with Crippen molar-refractivity contribution < 1.29 is 19.4 Å². The van der Waals surface area contributed by atoms with Crippen molar-refractivity contribution in [1.29, 1.82) is 0 Å². The summed E-state index contributed by atoms with van der Waals surface area (Å²) in [5.41, 5.74) is 4.59. The molecule has 1 N–H and O–H groups in total. The lowest BCUT2D eigenvalue weighted by molar-refractivity contribution is -0.160. The zero-order valence-electron chi connectivity index (χ0n) is 17.1. The fourth-order valence-corrected chi connectivity index (χ4v) is 4.74. The van der Waals surface area contributed by atoms with Gasteiger partial charge in [-0.25, -0.2) is 4.79 Å². The van der Waals surface area contributed by atoms with Crippen LogP contribution in [0.1, 0.15) is 50.1 Å². The van der Waals surface area contributed by atoms with Crippen LogP contribution in [0.5, 0.6) is 5.75 Å². The van der Waals surface area contributed by atoms with Crippen LogP contribution >= 0.6 is 11.3 Å². The third kappa shape index (κ3) is 3.87. The summed E-state index contributed by atoms with van der Waals surface area (Å²) in [5, 5.41) is 12.0. The van der Waals surface area contributed by atoms with Crippen LogP contribution < -0.4 is 4.74 Å². The molecule has 0 spiro atoms. The lowest BCUT2D eigenvalue weighted by atomic mass is 9.92. The van der Waals surface area contributed by atoms with Gasteiger partial charge in [0.25, 0.3) is 0 Å². The first kappa shape index (κ1) is 19.9. The van der Waals surface area contributed by atoms with E-state index in [9.17, 15) is 9.90 Å². The van der Waals surface area contributed by atoms with E-state index in [0.29, 0.717) is 11.3 Å². The summed E-state index contributed by atoms with van der Waals surface area (Å²) in [6.07, 6.45) is 0.839. The summed E-state index contributed by atoms with van der Waals surface area (Å²) in [7, 11) is 0. The molecular formula is C23H25NO4S. The number of hydrogen-bond donors (Lipinski definition) is 1. The van der Waals surface area contributed by atoms with Gasteiger partial charge in [0.2, 0.25) is 0 Å². The number of thiophene rings is 1. The molecule has 1 aliphatic heterocycles. The summed E-state index contributed by atoms with van der Waals surface area (Å²) in [4.78, 5) is 16.9. The summed E-state index contributed by atoms with van der Waals surface area (Å²) in [6, 6.07) is 8.10. The van der Waals surface area contributed by atoms with Crippen molar-refractivity contribution in [3.05, 3.63) is 46.5 Å². The Hall–Kier alpha value is -2.44. The molecule has 0 saturated heterocycles. The Morgan fingerprint density at radius 2 is 2.10 bits per heavy atom. The van der Waals surface area contributed by atoms with Crippen LogP contribution in [0.3, 0.4) is 0 Å². The van der Waals surface area contributed by atoms with Crippen LogP contribution in [0.2, 0.25) is 0 Å². The highest BCUT2D eigenvalue weighted by Crippen LogP contribution is 2.42. The Balaban J connectivity index is 1.98. The third-order valence-corrected chi connectivity index (χ3v) is 5.89. The number of carboxylic acids is 1. The number of rotatable bonds is 4. The van der Waals surface area contributed by atoms with Crippen molar-refractivity contribution in [2.24, 2.45) is 0 Å². The molecule has 0 fully saturated rings. The fourth-order valence-electron chi connectivity index (χ4n) is 3.83. The van der Waals surface area contributed by atoms with Crippen LogP contribution in [0, 0.1) is 6.92 Å². The molecule has 3 aromatic rings. The second kappa shape index (κ2) is 7.43. The molecule has 0 radical (unpaired) electrons. The number of benzene rings is 1. The largest absolute Gasteiger partial charge is 0.493 e. The Labute approximate surface area is 174 Å². The van der Waals surface area contributed by atoms with Gasteiger partial charge in [0.1, 0.15) is 5.75 Å².